The molecule has 0 aliphatic carbocycles. The number of pyridine rings is 1. The fraction of sp³-hybridized carbons (Fsp3) is 0.389. The van der Waals surface area contributed by atoms with Gasteiger partial charge in [-0.2, -0.15) is 0 Å². The second-order valence-electron chi connectivity index (χ2n) is 6.98. The molecule has 11 heteroatoms. The third-order valence-corrected chi connectivity index (χ3v) is 4.31. The topological polar surface area (TPSA) is 119 Å². The van der Waals surface area contributed by atoms with E-state index in [1.807, 2.05) is 6.07 Å². The number of aromatic nitrogens is 6. The Balaban J connectivity index is 2.01. The summed E-state index contributed by atoms with van der Waals surface area (Å²) < 4.78 is 2.32. The Kier molecular flexibility index (Phi) is 5.78. The van der Waals surface area contributed by atoms with Crippen LogP contribution < -0.4 is 11.2 Å². The molecule has 1 amide bonds. The fourth-order valence-electron chi connectivity index (χ4n) is 2.77. The van der Waals surface area contributed by atoms with E-state index in [2.05, 4.69) is 20.2 Å². The molecular formula is C18H22N8O3. The van der Waals surface area contributed by atoms with Gasteiger partial charge < -0.3 is 9.80 Å². The summed E-state index contributed by atoms with van der Waals surface area (Å²) in [4.78, 5) is 48.9. The smallest absolute Gasteiger partial charge is 0.332 e. The van der Waals surface area contributed by atoms with E-state index in [4.69, 9.17) is 0 Å². The highest BCUT2D eigenvalue weighted by molar-refractivity contribution is 5.77. The summed E-state index contributed by atoms with van der Waals surface area (Å²) in [6, 6.07) is 3.57. The molecule has 0 N–H and O–H groups in total. The maximum absolute atomic E-state index is 12.6. The maximum Gasteiger partial charge on any atom is 0.332 e. The molecule has 0 radical (unpaired) electrons. The van der Waals surface area contributed by atoms with Crippen LogP contribution in [0.25, 0.3) is 11.2 Å². The molecule has 0 aliphatic heterocycles. The van der Waals surface area contributed by atoms with E-state index in [9.17, 15) is 14.4 Å². The van der Waals surface area contributed by atoms with Crippen molar-refractivity contribution >= 4 is 17.1 Å². The summed E-state index contributed by atoms with van der Waals surface area (Å²) in [5, 5.41) is 8.11. The Labute approximate surface area is 166 Å². The zero-order valence-corrected chi connectivity index (χ0v) is 16.7. The normalized spacial score (nSPS) is 11.2. The lowest BCUT2D eigenvalue weighted by Crippen LogP contribution is -2.40. The number of carbonyl (C=O) groups excluding carboxylic acids is 1. The number of amides is 1. The molecule has 0 fully saturated rings. The van der Waals surface area contributed by atoms with Gasteiger partial charge in [-0.15, -0.1) is 10.2 Å². The molecule has 3 rings (SSSR count). The number of fused-ring (bicyclic) bond motifs is 1. The van der Waals surface area contributed by atoms with Crippen LogP contribution in [0, 0.1) is 0 Å². The molecule has 29 heavy (non-hydrogen) atoms. The van der Waals surface area contributed by atoms with Gasteiger partial charge in [-0.3, -0.25) is 23.7 Å². The van der Waals surface area contributed by atoms with Gasteiger partial charge in [-0.05, 0) is 25.7 Å². The van der Waals surface area contributed by atoms with E-state index in [-0.39, 0.29) is 42.5 Å². The van der Waals surface area contributed by atoms with Crippen LogP contribution in [0.15, 0.2) is 34.1 Å². The number of carbonyl (C=O) groups is 1. The molecule has 3 heterocycles. The molecule has 0 aliphatic rings. The summed E-state index contributed by atoms with van der Waals surface area (Å²) in [5.74, 6) is 0.101. The van der Waals surface area contributed by atoms with Gasteiger partial charge >= 0.3 is 5.69 Å². The summed E-state index contributed by atoms with van der Waals surface area (Å²) in [6.07, 6.45) is 3.26. The molecule has 3 aromatic heterocycles. The Hall–Kier alpha value is -3.47. The first-order valence-corrected chi connectivity index (χ1v) is 8.88. The van der Waals surface area contributed by atoms with Gasteiger partial charge in [0, 0.05) is 26.5 Å². The molecule has 0 unspecified atom stereocenters. The monoisotopic (exact) mass is 398 g/mol. The summed E-state index contributed by atoms with van der Waals surface area (Å²) in [7, 11) is 6.61. The molecule has 0 aromatic carbocycles. The lowest BCUT2D eigenvalue weighted by atomic mass is 10.3. The lowest BCUT2D eigenvalue weighted by Gasteiger charge is -2.18. The molecule has 3 aromatic rings. The zero-order valence-electron chi connectivity index (χ0n) is 16.7. The molecule has 0 bridgehead atoms. The summed E-state index contributed by atoms with van der Waals surface area (Å²) in [6.45, 7) is 0.513. The van der Waals surface area contributed by atoms with Gasteiger partial charge in [-0.1, -0.05) is 6.07 Å². The van der Waals surface area contributed by atoms with Crippen LogP contribution in [0.4, 0.5) is 0 Å². The average molecular weight is 398 g/mol. The van der Waals surface area contributed by atoms with Crippen LogP contribution in [-0.2, 0) is 24.9 Å². The molecule has 0 atom stereocenters. The number of nitrogens with zero attached hydrogens (tertiary/aromatic N) is 8. The highest BCUT2D eigenvalue weighted by Gasteiger charge is 2.17. The fourth-order valence-corrected chi connectivity index (χ4v) is 2.77. The molecule has 0 saturated heterocycles. The number of hydrogen-bond acceptors (Lipinski definition) is 8. The minimum atomic E-state index is -0.564. The van der Waals surface area contributed by atoms with Crippen molar-refractivity contribution in [3.63, 3.8) is 0 Å². The van der Waals surface area contributed by atoms with E-state index in [0.29, 0.717) is 0 Å². The minimum Gasteiger partial charge on any atom is -0.337 e. The van der Waals surface area contributed by atoms with Crippen molar-refractivity contribution in [2.75, 3.05) is 27.7 Å². The van der Waals surface area contributed by atoms with Gasteiger partial charge in [0.05, 0.1) is 19.6 Å². The van der Waals surface area contributed by atoms with E-state index < -0.39 is 11.2 Å². The maximum atomic E-state index is 12.6. The third-order valence-electron chi connectivity index (χ3n) is 4.31. The molecule has 0 saturated carbocycles. The summed E-state index contributed by atoms with van der Waals surface area (Å²) in [5.41, 5.74) is -0.198. The second kappa shape index (κ2) is 8.27. The van der Waals surface area contributed by atoms with E-state index >= 15 is 0 Å². The Morgan fingerprint density at radius 3 is 2.59 bits per heavy atom. The van der Waals surface area contributed by atoms with Gasteiger partial charge in [0.15, 0.2) is 17.0 Å². The first-order valence-electron chi connectivity index (χ1n) is 8.88. The van der Waals surface area contributed by atoms with Crippen LogP contribution in [0.2, 0.25) is 0 Å². The van der Waals surface area contributed by atoms with Crippen LogP contribution >= 0.6 is 0 Å². The predicted octanol–water partition coefficient (Wildman–Crippen LogP) is -1.15. The quantitative estimate of drug-likeness (QED) is 0.511. The number of rotatable bonds is 6. The van der Waals surface area contributed by atoms with E-state index in [1.165, 1.54) is 16.5 Å². The third kappa shape index (κ3) is 4.35. The Morgan fingerprint density at radius 1 is 1.17 bits per heavy atom. The van der Waals surface area contributed by atoms with E-state index in [1.54, 1.807) is 44.5 Å². The predicted molar refractivity (Wildman–Crippen MR) is 105 cm³/mol. The van der Waals surface area contributed by atoms with E-state index in [0.717, 1.165) is 10.1 Å². The Bertz CT molecular complexity index is 1150. The van der Waals surface area contributed by atoms with Gasteiger partial charge in [0.1, 0.15) is 0 Å². The van der Waals surface area contributed by atoms with Crippen molar-refractivity contribution in [3.8, 4) is 0 Å². The second-order valence-corrected chi connectivity index (χ2v) is 6.98. The first-order chi connectivity index (χ1) is 13.8. The van der Waals surface area contributed by atoms with Gasteiger partial charge in [-0.25, -0.2) is 9.78 Å². The average Bonchev–Trinajstić information content (AvgIpc) is 2.70. The van der Waals surface area contributed by atoms with Crippen LogP contribution in [-0.4, -0.2) is 72.7 Å². The molecule has 152 valence electrons. The van der Waals surface area contributed by atoms with Crippen molar-refractivity contribution < 1.29 is 4.79 Å². The zero-order chi connectivity index (χ0) is 21.1. The van der Waals surface area contributed by atoms with Crippen LogP contribution in [0.1, 0.15) is 11.4 Å². The van der Waals surface area contributed by atoms with Crippen molar-refractivity contribution in [1.29, 1.82) is 0 Å². The molecule has 0 spiro atoms. The van der Waals surface area contributed by atoms with Crippen molar-refractivity contribution in [2.45, 2.75) is 13.1 Å². The van der Waals surface area contributed by atoms with Gasteiger partial charge in [0.25, 0.3) is 5.56 Å². The molecular weight excluding hydrogens is 376 g/mol. The van der Waals surface area contributed by atoms with Crippen molar-refractivity contribution in [3.05, 3.63) is 56.8 Å². The van der Waals surface area contributed by atoms with Crippen LogP contribution in [0.5, 0.6) is 0 Å². The van der Waals surface area contributed by atoms with Crippen molar-refractivity contribution in [2.24, 2.45) is 7.05 Å². The van der Waals surface area contributed by atoms with Crippen LogP contribution in [0.3, 0.4) is 0 Å². The minimum absolute atomic E-state index is 0.0226. The largest absolute Gasteiger partial charge is 0.337 e. The highest BCUT2D eigenvalue weighted by Crippen LogP contribution is 2.06. The Morgan fingerprint density at radius 2 is 1.93 bits per heavy atom. The lowest BCUT2D eigenvalue weighted by molar-refractivity contribution is -0.131. The highest BCUT2D eigenvalue weighted by atomic mass is 16.2. The standard InChI is InChI=1S/C18H22N8O3/c1-23(2)11-14(27)24(3)10-13-20-15-16(22-21-13)26(18(29)25(4)17(15)28)9-12-6-5-7-19-8-12/h5-8H,9-11H2,1-4H3. The number of hydrogen-bond donors (Lipinski definition) is 0. The first kappa shape index (κ1) is 20.3. The van der Waals surface area contributed by atoms with Gasteiger partial charge in [0.2, 0.25) is 5.91 Å². The molecule has 11 nitrogen and oxygen atoms in total. The van der Waals surface area contributed by atoms with Crippen molar-refractivity contribution in [1.82, 2.24) is 39.1 Å². The number of likely N-dealkylation sites (N-methyl/N-ethyl adjacent to an activating group) is 2. The SMILES string of the molecule is CN(C)CC(=O)N(C)Cc1nnc2c(n1)c(=O)n(C)c(=O)n2Cc1cccnc1. The summed E-state index contributed by atoms with van der Waals surface area (Å²) >= 11 is 0.